The summed E-state index contributed by atoms with van der Waals surface area (Å²) in [5, 5.41) is 6.06. The summed E-state index contributed by atoms with van der Waals surface area (Å²) >= 11 is 1.56. The molecule has 140 valence electrons. The van der Waals surface area contributed by atoms with Crippen LogP contribution in [0.3, 0.4) is 0 Å². The Hall–Kier alpha value is -2.44. The van der Waals surface area contributed by atoms with Crippen LogP contribution in [0.4, 0.5) is 0 Å². The van der Waals surface area contributed by atoms with Gasteiger partial charge in [-0.1, -0.05) is 30.3 Å². The van der Waals surface area contributed by atoms with Crippen LogP contribution in [-0.4, -0.2) is 39.5 Å². The van der Waals surface area contributed by atoms with E-state index in [1.165, 1.54) is 5.56 Å². The molecule has 0 unspecified atom stereocenters. The number of likely N-dealkylation sites (tertiary alicyclic amines) is 1. The Bertz CT molecular complexity index is 851. The van der Waals surface area contributed by atoms with Crippen molar-refractivity contribution in [3.05, 3.63) is 71.5 Å². The third kappa shape index (κ3) is 4.84. The second kappa shape index (κ2) is 8.50. The van der Waals surface area contributed by atoms with Gasteiger partial charge in [0, 0.05) is 43.4 Å². The van der Waals surface area contributed by atoms with Gasteiger partial charge in [0.1, 0.15) is 0 Å². The van der Waals surface area contributed by atoms with E-state index >= 15 is 0 Å². The number of benzene rings is 1. The molecule has 5 nitrogen and oxygen atoms in total. The predicted octanol–water partition coefficient (Wildman–Crippen LogP) is 3.26. The van der Waals surface area contributed by atoms with Crippen molar-refractivity contribution in [1.82, 2.24) is 19.8 Å². The van der Waals surface area contributed by atoms with Gasteiger partial charge in [0.25, 0.3) is 0 Å². The molecule has 0 atom stereocenters. The highest BCUT2D eigenvalue weighted by atomic mass is 32.1. The maximum Gasteiger partial charge on any atom is 0.226 e. The molecule has 1 fully saturated rings. The molecule has 3 aromatic rings. The fourth-order valence-electron chi connectivity index (χ4n) is 3.48. The Labute approximate surface area is 163 Å². The van der Waals surface area contributed by atoms with Crippen molar-refractivity contribution in [2.45, 2.75) is 31.8 Å². The highest BCUT2D eigenvalue weighted by Crippen LogP contribution is 2.17. The van der Waals surface area contributed by atoms with Crippen LogP contribution < -0.4 is 5.32 Å². The minimum Gasteiger partial charge on any atom is -0.353 e. The number of rotatable bonds is 6. The number of amides is 1. The van der Waals surface area contributed by atoms with Crippen molar-refractivity contribution < 1.29 is 4.79 Å². The standard InChI is InChI=1S/C21H24N4OS/c26-20(14-19-16-27-21(23-19)25-10-4-5-11-25)22-18-8-12-24(13-9-18)15-17-6-2-1-3-7-17/h1-7,10-11,16,18H,8-9,12-15H2,(H,22,26). The lowest BCUT2D eigenvalue weighted by Crippen LogP contribution is -2.44. The van der Waals surface area contributed by atoms with Gasteiger partial charge in [-0.05, 0) is 30.5 Å². The average molecular weight is 381 g/mol. The molecule has 1 N–H and O–H groups in total. The third-order valence-corrected chi connectivity index (χ3v) is 5.81. The molecule has 1 aromatic carbocycles. The summed E-state index contributed by atoms with van der Waals surface area (Å²) < 4.78 is 1.97. The molecule has 1 saturated heterocycles. The fraction of sp³-hybridized carbons (Fsp3) is 0.333. The second-order valence-corrected chi connectivity index (χ2v) is 7.83. The van der Waals surface area contributed by atoms with Crippen molar-refractivity contribution in [2.24, 2.45) is 0 Å². The molecule has 0 bridgehead atoms. The van der Waals surface area contributed by atoms with Gasteiger partial charge in [-0.15, -0.1) is 11.3 Å². The fourth-order valence-corrected chi connectivity index (χ4v) is 4.27. The number of nitrogens with one attached hydrogen (secondary N) is 1. The van der Waals surface area contributed by atoms with Crippen molar-refractivity contribution >= 4 is 17.2 Å². The molecule has 27 heavy (non-hydrogen) atoms. The van der Waals surface area contributed by atoms with E-state index in [2.05, 4.69) is 45.5 Å². The van der Waals surface area contributed by atoms with Crippen molar-refractivity contribution in [1.29, 1.82) is 0 Å². The first-order chi connectivity index (χ1) is 13.3. The smallest absolute Gasteiger partial charge is 0.226 e. The van der Waals surface area contributed by atoms with E-state index in [0.29, 0.717) is 6.42 Å². The SMILES string of the molecule is O=C(Cc1csc(-n2cccc2)n1)NC1CCN(Cc2ccccc2)CC1. The molecule has 0 aliphatic carbocycles. The maximum absolute atomic E-state index is 12.4. The van der Waals surface area contributed by atoms with Crippen LogP contribution in [0.25, 0.3) is 5.13 Å². The molecule has 4 rings (SSSR count). The zero-order chi connectivity index (χ0) is 18.5. The van der Waals surface area contributed by atoms with Gasteiger partial charge >= 0.3 is 0 Å². The van der Waals surface area contributed by atoms with E-state index in [1.54, 1.807) is 11.3 Å². The number of aromatic nitrogens is 2. The van der Waals surface area contributed by atoms with E-state index in [1.807, 2.05) is 34.5 Å². The molecule has 2 aromatic heterocycles. The van der Waals surface area contributed by atoms with Crippen LogP contribution in [0.15, 0.2) is 60.2 Å². The number of piperidine rings is 1. The lowest BCUT2D eigenvalue weighted by atomic mass is 10.0. The van der Waals surface area contributed by atoms with Crippen LogP contribution >= 0.6 is 11.3 Å². The van der Waals surface area contributed by atoms with Crippen LogP contribution in [0, 0.1) is 0 Å². The van der Waals surface area contributed by atoms with E-state index in [9.17, 15) is 4.79 Å². The number of carbonyl (C=O) groups excluding carboxylic acids is 1. The quantitative estimate of drug-likeness (QED) is 0.714. The Kier molecular flexibility index (Phi) is 5.65. The first-order valence-electron chi connectivity index (χ1n) is 9.40. The summed E-state index contributed by atoms with van der Waals surface area (Å²) in [6.07, 6.45) is 6.29. The van der Waals surface area contributed by atoms with E-state index in [-0.39, 0.29) is 11.9 Å². The molecule has 6 heteroatoms. The van der Waals surface area contributed by atoms with Gasteiger partial charge in [0.05, 0.1) is 12.1 Å². The third-order valence-electron chi connectivity index (χ3n) is 4.91. The van der Waals surface area contributed by atoms with E-state index < -0.39 is 0 Å². The summed E-state index contributed by atoms with van der Waals surface area (Å²) in [4.78, 5) is 19.4. The van der Waals surface area contributed by atoms with Crippen LogP contribution in [-0.2, 0) is 17.8 Å². The topological polar surface area (TPSA) is 50.2 Å². The number of hydrogen-bond donors (Lipinski definition) is 1. The number of thiazole rings is 1. The number of nitrogens with zero attached hydrogens (tertiary/aromatic N) is 3. The number of hydrogen-bond acceptors (Lipinski definition) is 4. The van der Waals surface area contributed by atoms with E-state index in [4.69, 9.17) is 0 Å². The molecular formula is C21H24N4OS. The summed E-state index contributed by atoms with van der Waals surface area (Å²) in [6, 6.07) is 14.8. The zero-order valence-electron chi connectivity index (χ0n) is 15.3. The van der Waals surface area contributed by atoms with Crippen molar-refractivity contribution in [3.8, 4) is 5.13 Å². The summed E-state index contributed by atoms with van der Waals surface area (Å²) in [7, 11) is 0. The van der Waals surface area contributed by atoms with E-state index in [0.717, 1.165) is 43.3 Å². The minimum atomic E-state index is 0.0702. The molecule has 1 aliphatic rings. The molecule has 0 radical (unpaired) electrons. The molecule has 1 aliphatic heterocycles. The van der Waals surface area contributed by atoms with Gasteiger partial charge in [0.15, 0.2) is 5.13 Å². The number of carbonyl (C=O) groups is 1. The normalized spacial score (nSPS) is 15.7. The molecule has 0 spiro atoms. The highest BCUT2D eigenvalue weighted by molar-refractivity contribution is 7.12. The van der Waals surface area contributed by atoms with Crippen molar-refractivity contribution in [2.75, 3.05) is 13.1 Å². The first kappa shape index (κ1) is 17.9. The lowest BCUT2D eigenvalue weighted by Gasteiger charge is -2.32. The lowest BCUT2D eigenvalue weighted by molar-refractivity contribution is -0.121. The van der Waals surface area contributed by atoms with Gasteiger partial charge in [-0.25, -0.2) is 4.98 Å². The minimum absolute atomic E-state index is 0.0702. The highest BCUT2D eigenvalue weighted by Gasteiger charge is 2.21. The van der Waals surface area contributed by atoms with Crippen LogP contribution in [0.1, 0.15) is 24.1 Å². The Balaban J connectivity index is 1.23. The Morgan fingerprint density at radius 2 is 1.85 bits per heavy atom. The second-order valence-electron chi connectivity index (χ2n) is 6.99. The monoisotopic (exact) mass is 380 g/mol. The molecule has 0 saturated carbocycles. The molecule has 3 heterocycles. The summed E-state index contributed by atoms with van der Waals surface area (Å²) in [5.74, 6) is 0.0702. The summed E-state index contributed by atoms with van der Waals surface area (Å²) in [6.45, 7) is 3.03. The van der Waals surface area contributed by atoms with Gasteiger partial charge < -0.3 is 9.88 Å². The predicted molar refractivity (Wildman–Crippen MR) is 108 cm³/mol. The van der Waals surface area contributed by atoms with Crippen molar-refractivity contribution in [3.63, 3.8) is 0 Å². The first-order valence-corrected chi connectivity index (χ1v) is 10.3. The van der Waals surface area contributed by atoms with Gasteiger partial charge in [0.2, 0.25) is 5.91 Å². The Morgan fingerprint density at radius 3 is 2.59 bits per heavy atom. The zero-order valence-corrected chi connectivity index (χ0v) is 16.1. The molecule has 1 amide bonds. The maximum atomic E-state index is 12.4. The van der Waals surface area contributed by atoms with Gasteiger partial charge in [-0.2, -0.15) is 0 Å². The summed E-state index contributed by atoms with van der Waals surface area (Å²) in [5.41, 5.74) is 2.18. The van der Waals surface area contributed by atoms with Crippen LogP contribution in [0.2, 0.25) is 0 Å². The largest absolute Gasteiger partial charge is 0.353 e. The Morgan fingerprint density at radius 1 is 1.11 bits per heavy atom. The molecular weight excluding hydrogens is 356 g/mol. The van der Waals surface area contributed by atoms with Crippen LogP contribution in [0.5, 0.6) is 0 Å². The average Bonchev–Trinajstić information content (AvgIpc) is 3.36. The van der Waals surface area contributed by atoms with Gasteiger partial charge in [-0.3, -0.25) is 9.69 Å².